The Balaban J connectivity index is 0.000000144. The molecule has 1 heterocycles. The molecular formula is C53H38Br2O6S. The molecule has 3 aliphatic rings. The number of ether oxygens (including phenoxy) is 1. The maximum absolute atomic E-state index is 12.6. The number of carbonyl (C=O) groups excluding carboxylic acids is 1. The van der Waals surface area contributed by atoms with E-state index >= 15 is 0 Å². The lowest BCUT2D eigenvalue weighted by atomic mass is 9.65. The van der Waals surface area contributed by atoms with E-state index in [0.717, 1.165) is 53.5 Å². The second kappa shape index (κ2) is 16.5. The second-order valence-electron chi connectivity index (χ2n) is 15.0. The molecule has 0 aromatic heterocycles. The van der Waals surface area contributed by atoms with E-state index in [2.05, 4.69) is 147 Å². The van der Waals surface area contributed by atoms with Crippen molar-refractivity contribution in [2.24, 2.45) is 0 Å². The molecule has 0 amide bonds. The molecule has 2 aliphatic carbocycles. The van der Waals surface area contributed by atoms with E-state index in [1.165, 1.54) is 44.2 Å². The SMILES string of the molecule is Brc1ccc2c(c1)C1(c3ccccc3Oc3ccccc31)c1c-2ccc2ccccc12.CS(=O)(=O)O.O=C1c2cc(Br)ccc2-c2ccc3ccccc3c21.Oc1ccccc1.[2HH]. The molecule has 0 radical (unpaired) electrons. The van der Waals surface area contributed by atoms with Crippen LogP contribution in [0.4, 0.5) is 0 Å². The third-order valence-corrected chi connectivity index (χ3v) is 12.2. The summed E-state index contributed by atoms with van der Waals surface area (Å²) in [4.78, 5) is 12.6. The first-order chi connectivity index (χ1) is 29.9. The summed E-state index contributed by atoms with van der Waals surface area (Å²) in [6, 6.07) is 63.8. The number of hydrogen-bond acceptors (Lipinski definition) is 5. The Labute approximate surface area is 377 Å². The van der Waals surface area contributed by atoms with E-state index < -0.39 is 15.5 Å². The van der Waals surface area contributed by atoms with Gasteiger partial charge in [0, 0.05) is 32.6 Å². The van der Waals surface area contributed by atoms with E-state index in [9.17, 15) is 13.2 Å². The highest BCUT2D eigenvalue weighted by Crippen LogP contribution is 2.63. The summed E-state index contributed by atoms with van der Waals surface area (Å²) in [7, 11) is -3.67. The predicted octanol–water partition coefficient (Wildman–Crippen LogP) is 14.0. The van der Waals surface area contributed by atoms with Crippen LogP contribution in [0.2, 0.25) is 0 Å². The van der Waals surface area contributed by atoms with Crippen LogP contribution in [0, 0.1) is 0 Å². The monoisotopic (exact) mass is 961 g/mol. The zero-order chi connectivity index (χ0) is 43.2. The van der Waals surface area contributed by atoms with Crippen molar-refractivity contribution in [1.29, 1.82) is 0 Å². The summed E-state index contributed by atoms with van der Waals surface area (Å²) in [5.74, 6) is 2.30. The lowest BCUT2D eigenvalue weighted by Gasteiger charge is -2.39. The Bertz CT molecular complexity index is 3280. The van der Waals surface area contributed by atoms with Crippen LogP contribution in [0.3, 0.4) is 0 Å². The van der Waals surface area contributed by atoms with Gasteiger partial charge in [0.05, 0.1) is 11.7 Å². The third-order valence-electron chi connectivity index (χ3n) is 11.2. The van der Waals surface area contributed by atoms with Crippen molar-refractivity contribution < 1.29 is 29.0 Å². The number of phenols is 1. The van der Waals surface area contributed by atoms with Gasteiger partial charge in [-0.3, -0.25) is 9.35 Å². The molecule has 9 aromatic carbocycles. The number of fused-ring (bicyclic) bond motifs is 16. The Kier molecular flexibility index (Phi) is 10.9. The molecule has 0 fully saturated rings. The highest BCUT2D eigenvalue weighted by molar-refractivity contribution is 9.10. The molecule has 0 unspecified atom stereocenters. The van der Waals surface area contributed by atoms with Crippen molar-refractivity contribution >= 4 is 69.3 Å². The van der Waals surface area contributed by atoms with Crippen molar-refractivity contribution in [1.82, 2.24) is 0 Å². The van der Waals surface area contributed by atoms with Crippen molar-refractivity contribution in [2.75, 3.05) is 6.26 Å². The lowest BCUT2D eigenvalue weighted by molar-refractivity contribution is 0.104. The highest BCUT2D eigenvalue weighted by Gasteiger charge is 2.51. The van der Waals surface area contributed by atoms with Gasteiger partial charge in [0.1, 0.15) is 17.2 Å². The molecule has 9 aromatic rings. The van der Waals surface area contributed by atoms with Crippen LogP contribution < -0.4 is 4.74 Å². The molecule has 9 heteroatoms. The maximum atomic E-state index is 12.6. The summed E-state index contributed by atoms with van der Waals surface area (Å²) in [6.07, 6.45) is 0.715. The number of carbonyl (C=O) groups is 1. The van der Waals surface area contributed by atoms with Gasteiger partial charge in [-0.15, -0.1) is 0 Å². The molecule has 1 aliphatic heterocycles. The minimum absolute atomic E-state index is 0. The first-order valence-electron chi connectivity index (χ1n) is 19.7. The number of benzene rings is 9. The maximum Gasteiger partial charge on any atom is 0.261 e. The van der Waals surface area contributed by atoms with Crippen LogP contribution in [0.15, 0.2) is 197 Å². The summed E-state index contributed by atoms with van der Waals surface area (Å²) >= 11 is 7.19. The van der Waals surface area contributed by atoms with E-state index in [0.29, 0.717) is 12.0 Å². The quantitative estimate of drug-likeness (QED) is 0.147. The molecule has 0 saturated carbocycles. The van der Waals surface area contributed by atoms with Gasteiger partial charge in [0.25, 0.3) is 10.1 Å². The smallest absolute Gasteiger partial charge is 0.261 e. The molecule has 0 atom stereocenters. The summed E-state index contributed by atoms with van der Waals surface area (Å²) in [6.45, 7) is 0. The van der Waals surface area contributed by atoms with Gasteiger partial charge in [0.2, 0.25) is 0 Å². The van der Waals surface area contributed by atoms with Crippen LogP contribution in [0.5, 0.6) is 17.2 Å². The molecular weight excluding hydrogens is 924 g/mol. The summed E-state index contributed by atoms with van der Waals surface area (Å²) < 4.78 is 34.3. The van der Waals surface area contributed by atoms with Gasteiger partial charge < -0.3 is 9.84 Å². The van der Waals surface area contributed by atoms with E-state index in [1.54, 1.807) is 24.3 Å². The zero-order valence-corrected chi connectivity index (χ0v) is 37.1. The predicted molar refractivity (Wildman–Crippen MR) is 257 cm³/mol. The average molecular weight is 964 g/mol. The molecule has 2 N–H and O–H groups in total. The van der Waals surface area contributed by atoms with E-state index in [4.69, 9.17) is 14.4 Å². The minimum Gasteiger partial charge on any atom is -0.508 e. The standard InChI is InChI=1S/C29H17BrO.C17H9BrO.C6H6O.CH4O3S.H2/c30-19-14-16-21-22-15-13-18-7-1-2-8-20(18)28(22)29(25(21)17-19)23-9-3-5-11-26(23)31-27-12-6-4-10-24(27)29;18-11-6-8-13-14-7-5-10-3-1-2-4-12(10)16(14)17(19)15(13)9-11;7-6-4-2-1-3-5-6;1-5(2,3)4;/h1-17H;1-9H;1-5,7H;1H3,(H,2,3,4);1H/i;;;;1+1. The van der Waals surface area contributed by atoms with Crippen molar-refractivity contribution in [3.05, 3.63) is 230 Å². The Morgan fingerprint density at radius 2 is 1.00 bits per heavy atom. The normalized spacial score (nSPS) is 13.0. The number of halogens is 2. The van der Waals surface area contributed by atoms with Crippen LogP contribution >= 0.6 is 31.9 Å². The number of ketones is 1. The van der Waals surface area contributed by atoms with Gasteiger partial charge in [-0.25, -0.2) is 0 Å². The number of rotatable bonds is 0. The number of aromatic hydroxyl groups is 1. The van der Waals surface area contributed by atoms with Crippen LogP contribution in [-0.4, -0.2) is 30.1 Å². The molecule has 12 rings (SSSR count). The zero-order valence-electron chi connectivity index (χ0n) is 33.1. The Hall–Kier alpha value is -6.36. The number of para-hydroxylation sites is 3. The molecule has 62 heavy (non-hydrogen) atoms. The fourth-order valence-corrected chi connectivity index (χ4v) is 9.61. The topological polar surface area (TPSA) is 101 Å². The first-order valence-corrected chi connectivity index (χ1v) is 23.1. The van der Waals surface area contributed by atoms with Gasteiger partial charge in [-0.1, -0.05) is 171 Å². The summed E-state index contributed by atoms with van der Waals surface area (Å²) in [5.41, 5.74) is 10.9. The van der Waals surface area contributed by atoms with Crippen LogP contribution in [0.1, 0.15) is 39.6 Å². The molecule has 6 nitrogen and oxygen atoms in total. The molecule has 0 saturated heterocycles. The minimum atomic E-state index is -3.67. The van der Waals surface area contributed by atoms with Crippen molar-refractivity contribution in [2.45, 2.75) is 5.41 Å². The van der Waals surface area contributed by atoms with Gasteiger partial charge in [0.15, 0.2) is 5.78 Å². The fourth-order valence-electron chi connectivity index (χ4n) is 8.89. The van der Waals surface area contributed by atoms with Crippen molar-refractivity contribution in [3.8, 4) is 39.5 Å². The lowest BCUT2D eigenvalue weighted by Crippen LogP contribution is -2.32. The summed E-state index contributed by atoms with van der Waals surface area (Å²) in [5, 5.41) is 13.3. The van der Waals surface area contributed by atoms with Gasteiger partial charge in [-0.2, -0.15) is 8.42 Å². The average Bonchev–Trinajstić information content (AvgIpc) is 3.72. The van der Waals surface area contributed by atoms with Gasteiger partial charge in [-0.05, 0) is 103 Å². The molecule has 306 valence electrons. The Morgan fingerprint density at radius 1 is 0.516 bits per heavy atom. The fraction of sp³-hybridized carbons (Fsp3) is 0.0377. The van der Waals surface area contributed by atoms with E-state index in [1.807, 2.05) is 48.5 Å². The largest absolute Gasteiger partial charge is 0.508 e. The molecule has 1 spiro atoms. The van der Waals surface area contributed by atoms with E-state index in [-0.39, 0.29) is 7.21 Å². The molecule has 0 bridgehead atoms. The highest BCUT2D eigenvalue weighted by atomic mass is 79.9. The number of phenolic OH excluding ortho intramolecular Hbond substituents is 1. The second-order valence-corrected chi connectivity index (χ2v) is 18.3. The van der Waals surface area contributed by atoms with Crippen LogP contribution in [-0.2, 0) is 15.5 Å². The third kappa shape index (κ3) is 7.41. The first kappa shape index (κ1) is 41.0. The Morgan fingerprint density at radius 3 is 1.61 bits per heavy atom. The van der Waals surface area contributed by atoms with Gasteiger partial charge >= 0.3 is 0 Å². The number of hydrogen-bond donors (Lipinski definition) is 2. The van der Waals surface area contributed by atoms with Crippen molar-refractivity contribution in [3.63, 3.8) is 0 Å². The van der Waals surface area contributed by atoms with Crippen LogP contribution in [0.25, 0.3) is 43.8 Å².